The molecule has 2 rings (SSSR count). The largest absolute Gasteiger partial charge is 0.441 e. The molecular formula is C14H19N3O2. The van der Waals surface area contributed by atoms with Gasteiger partial charge < -0.3 is 15.1 Å². The van der Waals surface area contributed by atoms with Gasteiger partial charge >= 0.3 is 0 Å². The van der Waals surface area contributed by atoms with Crippen molar-refractivity contribution in [3.63, 3.8) is 0 Å². The summed E-state index contributed by atoms with van der Waals surface area (Å²) in [6, 6.07) is 5.66. The van der Waals surface area contributed by atoms with Crippen molar-refractivity contribution in [3.05, 3.63) is 29.7 Å². The summed E-state index contributed by atoms with van der Waals surface area (Å²) >= 11 is 0. The molecule has 0 saturated carbocycles. The number of fused-ring (bicyclic) bond motifs is 1. The normalized spacial score (nSPS) is 12.6. The second-order valence-corrected chi connectivity index (χ2v) is 4.97. The number of hydrogen-bond acceptors (Lipinski definition) is 4. The van der Waals surface area contributed by atoms with Crippen LogP contribution in [0.2, 0.25) is 0 Å². The van der Waals surface area contributed by atoms with Crippen LogP contribution in [0.3, 0.4) is 0 Å². The van der Waals surface area contributed by atoms with E-state index in [1.807, 2.05) is 32.0 Å². The fraction of sp³-hybridized carbons (Fsp3) is 0.429. The van der Waals surface area contributed by atoms with Gasteiger partial charge in [0.25, 0.3) is 0 Å². The van der Waals surface area contributed by atoms with Gasteiger partial charge in [0, 0.05) is 33.0 Å². The van der Waals surface area contributed by atoms with E-state index < -0.39 is 0 Å². The molecule has 0 radical (unpaired) electrons. The van der Waals surface area contributed by atoms with Crippen LogP contribution in [0.25, 0.3) is 11.1 Å². The van der Waals surface area contributed by atoms with Crippen LogP contribution in [-0.2, 0) is 11.3 Å². The molecule has 0 saturated heterocycles. The zero-order valence-electron chi connectivity index (χ0n) is 11.5. The van der Waals surface area contributed by atoms with Crippen molar-refractivity contribution in [2.24, 2.45) is 5.73 Å². The number of nitrogens with zero attached hydrogens (tertiary/aromatic N) is 2. The van der Waals surface area contributed by atoms with E-state index in [-0.39, 0.29) is 11.9 Å². The Morgan fingerprint density at radius 1 is 1.53 bits per heavy atom. The Morgan fingerprint density at radius 2 is 2.26 bits per heavy atom. The van der Waals surface area contributed by atoms with Crippen molar-refractivity contribution in [1.82, 2.24) is 9.88 Å². The maximum atomic E-state index is 11.8. The van der Waals surface area contributed by atoms with E-state index in [4.69, 9.17) is 10.2 Å². The monoisotopic (exact) mass is 261 g/mol. The summed E-state index contributed by atoms with van der Waals surface area (Å²) in [6.07, 6.45) is 0.363. The Bertz CT molecular complexity index is 589. The fourth-order valence-corrected chi connectivity index (χ4v) is 1.98. The molecule has 102 valence electrons. The molecule has 1 aromatic carbocycles. The highest BCUT2D eigenvalue weighted by atomic mass is 16.3. The van der Waals surface area contributed by atoms with Crippen molar-refractivity contribution in [2.75, 3.05) is 7.05 Å². The molecule has 2 aromatic rings. The van der Waals surface area contributed by atoms with Gasteiger partial charge in [-0.05, 0) is 24.6 Å². The van der Waals surface area contributed by atoms with Crippen LogP contribution in [0, 0.1) is 6.92 Å². The van der Waals surface area contributed by atoms with Crippen molar-refractivity contribution < 1.29 is 9.21 Å². The average Bonchev–Trinajstić information content (AvgIpc) is 2.67. The molecule has 0 spiro atoms. The second-order valence-electron chi connectivity index (χ2n) is 4.97. The predicted octanol–water partition coefficient (Wildman–Crippen LogP) is 1.83. The first-order chi connectivity index (χ1) is 8.95. The highest BCUT2D eigenvalue weighted by Gasteiger charge is 2.12. The van der Waals surface area contributed by atoms with Gasteiger partial charge in [-0.15, -0.1) is 0 Å². The van der Waals surface area contributed by atoms with Gasteiger partial charge in [0.1, 0.15) is 5.52 Å². The Hall–Kier alpha value is -1.88. The van der Waals surface area contributed by atoms with Crippen molar-refractivity contribution in [2.45, 2.75) is 32.9 Å². The van der Waals surface area contributed by atoms with Gasteiger partial charge in [0.15, 0.2) is 11.5 Å². The van der Waals surface area contributed by atoms with Crippen molar-refractivity contribution in [3.8, 4) is 0 Å². The third-order valence-electron chi connectivity index (χ3n) is 2.90. The van der Waals surface area contributed by atoms with E-state index in [0.29, 0.717) is 18.9 Å². The lowest BCUT2D eigenvalue weighted by molar-refractivity contribution is -0.130. The lowest BCUT2D eigenvalue weighted by atomic mass is 10.1. The zero-order valence-corrected chi connectivity index (χ0v) is 11.5. The first kappa shape index (κ1) is 13.5. The summed E-state index contributed by atoms with van der Waals surface area (Å²) in [5.41, 5.74) is 8.25. The molecule has 1 atom stereocenters. The summed E-state index contributed by atoms with van der Waals surface area (Å²) in [5.74, 6) is 0.694. The molecule has 1 unspecified atom stereocenters. The minimum absolute atomic E-state index is 0.0476. The number of amides is 1. The highest BCUT2D eigenvalue weighted by molar-refractivity contribution is 5.77. The van der Waals surface area contributed by atoms with Crippen LogP contribution >= 0.6 is 0 Å². The number of carbonyl (C=O) groups is 1. The quantitative estimate of drug-likeness (QED) is 0.911. The molecular weight excluding hydrogens is 242 g/mol. The van der Waals surface area contributed by atoms with E-state index in [2.05, 4.69) is 4.98 Å². The Morgan fingerprint density at radius 3 is 2.95 bits per heavy atom. The van der Waals surface area contributed by atoms with E-state index in [1.165, 1.54) is 0 Å². The minimum atomic E-state index is -0.115. The third-order valence-corrected chi connectivity index (χ3v) is 2.90. The molecule has 0 aliphatic rings. The maximum Gasteiger partial charge on any atom is 0.224 e. The lowest BCUT2D eigenvalue weighted by Gasteiger charge is -2.18. The number of rotatable bonds is 4. The first-order valence-corrected chi connectivity index (χ1v) is 6.31. The SMILES string of the molecule is Cc1nc2cc(CN(C)C(=O)CC(C)N)ccc2o1. The Balaban J connectivity index is 2.10. The summed E-state index contributed by atoms with van der Waals surface area (Å²) < 4.78 is 5.42. The van der Waals surface area contributed by atoms with E-state index in [0.717, 1.165) is 16.7 Å². The number of aryl methyl sites for hydroxylation is 1. The molecule has 1 amide bonds. The van der Waals surface area contributed by atoms with Gasteiger partial charge in [-0.3, -0.25) is 4.79 Å². The van der Waals surface area contributed by atoms with Crippen LogP contribution in [0.15, 0.2) is 22.6 Å². The standard InChI is InChI=1S/C14H19N3O2/c1-9(15)6-14(18)17(3)8-11-4-5-13-12(7-11)16-10(2)19-13/h4-5,7,9H,6,8,15H2,1-3H3. The lowest BCUT2D eigenvalue weighted by Crippen LogP contribution is -2.31. The molecule has 2 N–H and O–H groups in total. The Labute approximate surface area is 112 Å². The number of hydrogen-bond donors (Lipinski definition) is 1. The molecule has 0 aliphatic heterocycles. The van der Waals surface area contributed by atoms with Crippen LogP contribution in [0.5, 0.6) is 0 Å². The molecule has 1 aromatic heterocycles. The number of oxazole rings is 1. The zero-order chi connectivity index (χ0) is 14.0. The molecule has 19 heavy (non-hydrogen) atoms. The summed E-state index contributed by atoms with van der Waals surface area (Å²) in [4.78, 5) is 17.8. The molecule has 5 heteroatoms. The molecule has 0 aliphatic carbocycles. The van der Waals surface area contributed by atoms with Crippen molar-refractivity contribution >= 4 is 17.0 Å². The Kier molecular flexibility index (Phi) is 3.85. The number of aromatic nitrogens is 1. The second kappa shape index (κ2) is 5.40. The fourth-order valence-electron chi connectivity index (χ4n) is 1.98. The van der Waals surface area contributed by atoms with Crippen LogP contribution in [0.4, 0.5) is 0 Å². The van der Waals surface area contributed by atoms with Crippen molar-refractivity contribution in [1.29, 1.82) is 0 Å². The van der Waals surface area contributed by atoms with Crippen LogP contribution < -0.4 is 5.73 Å². The van der Waals surface area contributed by atoms with Crippen LogP contribution in [0.1, 0.15) is 24.8 Å². The van der Waals surface area contributed by atoms with E-state index in [9.17, 15) is 4.79 Å². The molecule has 0 fully saturated rings. The first-order valence-electron chi connectivity index (χ1n) is 6.31. The summed E-state index contributed by atoms with van der Waals surface area (Å²) in [7, 11) is 1.78. The third kappa shape index (κ3) is 3.32. The van der Waals surface area contributed by atoms with E-state index >= 15 is 0 Å². The minimum Gasteiger partial charge on any atom is -0.441 e. The number of carbonyl (C=O) groups excluding carboxylic acids is 1. The maximum absolute atomic E-state index is 11.8. The van der Waals surface area contributed by atoms with Gasteiger partial charge in [-0.1, -0.05) is 6.07 Å². The molecule has 1 heterocycles. The van der Waals surface area contributed by atoms with Crippen LogP contribution in [-0.4, -0.2) is 28.9 Å². The molecule has 0 bridgehead atoms. The average molecular weight is 261 g/mol. The predicted molar refractivity (Wildman–Crippen MR) is 73.5 cm³/mol. The summed E-state index contributed by atoms with van der Waals surface area (Å²) in [6.45, 7) is 4.20. The summed E-state index contributed by atoms with van der Waals surface area (Å²) in [5, 5.41) is 0. The molecule has 5 nitrogen and oxygen atoms in total. The number of benzene rings is 1. The highest BCUT2D eigenvalue weighted by Crippen LogP contribution is 2.17. The van der Waals surface area contributed by atoms with Gasteiger partial charge in [-0.25, -0.2) is 4.98 Å². The van der Waals surface area contributed by atoms with Gasteiger partial charge in [0.05, 0.1) is 0 Å². The smallest absolute Gasteiger partial charge is 0.224 e. The van der Waals surface area contributed by atoms with Gasteiger partial charge in [-0.2, -0.15) is 0 Å². The topological polar surface area (TPSA) is 72.4 Å². The number of nitrogens with two attached hydrogens (primary N) is 1. The van der Waals surface area contributed by atoms with E-state index in [1.54, 1.807) is 11.9 Å². The van der Waals surface area contributed by atoms with Gasteiger partial charge in [0.2, 0.25) is 5.91 Å².